The number of carbonyl (C=O) groups is 1. The van der Waals surface area contributed by atoms with Crippen molar-refractivity contribution >= 4 is 11.8 Å². The lowest BCUT2D eigenvalue weighted by atomic mass is 9.96. The summed E-state index contributed by atoms with van der Waals surface area (Å²) in [4.78, 5) is 14.2. The van der Waals surface area contributed by atoms with Gasteiger partial charge in [0, 0.05) is 0 Å². The van der Waals surface area contributed by atoms with E-state index in [0.29, 0.717) is 0 Å². The van der Waals surface area contributed by atoms with Crippen molar-refractivity contribution in [1.82, 2.24) is 0 Å². The van der Waals surface area contributed by atoms with Crippen LogP contribution in [0.5, 0.6) is 0 Å². The number of alkyl halides is 1. The Balaban J connectivity index is 4.25. The summed E-state index contributed by atoms with van der Waals surface area (Å²) < 4.78 is 25.5. The van der Waals surface area contributed by atoms with E-state index in [-0.39, 0.29) is 25.2 Å². The molecule has 0 rings (SSSR count). The molecule has 1 unspecified atom stereocenters. The van der Waals surface area contributed by atoms with Gasteiger partial charge in [-0.25, -0.2) is 8.78 Å². The van der Waals surface area contributed by atoms with E-state index in [2.05, 4.69) is 4.99 Å². The molecule has 0 amide bonds. The standard InChI is InChI=1S/C10H17F2N3O2/c1-7(13)15-5-8(12)3-2-4-10(14,6-11)9(16)17/h3H,2,4-6,14H2,1H3,(H2,13,15)(H,16,17)/b8-3-. The molecule has 17 heavy (non-hydrogen) atoms. The molecular formula is C10H17F2N3O2. The van der Waals surface area contributed by atoms with Gasteiger partial charge in [-0.15, -0.1) is 0 Å². The zero-order valence-electron chi connectivity index (χ0n) is 9.62. The number of nitrogens with two attached hydrogens (primary N) is 2. The van der Waals surface area contributed by atoms with E-state index in [9.17, 15) is 13.6 Å². The van der Waals surface area contributed by atoms with Crippen molar-refractivity contribution in [2.24, 2.45) is 16.5 Å². The van der Waals surface area contributed by atoms with Crippen LogP contribution in [0.3, 0.4) is 0 Å². The number of aliphatic imine (C=N–C) groups is 1. The van der Waals surface area contributed by atoms with Crippen LogP contribution < -0.4 is 11.5 Å². The number of aliphatic carboxylic acids is 1. The molecule has 0 saturated carbocycles. The molecule has 5 N–H and O–H groups in total. The molecular weight excluding hydrogens is 232 g/mol. The molecule has 0 aliphatic heterocycles. The highest BCUT2D eigenvalue weighted by Crippen LogP contribution is 2.13. The number of hydrogen-bond donors (Lipinski definition) is 3. The van der Waals surface area contributed by atoms with Gasteiger partial charge in [-0.3, -0.25) is 9.79 Å². The van der Waals surface area contributed by atoms with Crippen molar-refractivity contribution < 1.29 is 18.7 Å². The third-order valence-electron chi connectivity index (χ3n) is 2.10. The Morgan fingerprint density at radius 2 is 2.18 bits per heavy atom. The molecule has 0 aromatic heterocycles. The third-order valence-corrected chi connectivity index (χ3v) is 2.10. The minimum atomic E-state index is -1.95. The van der Waals surface area contributed by atoms with Gasteiger partial charge in [0.2, 0.25) is 0 Å². The van der Waals surface area contributed by atoms with Crippen molar-refractivity contribution in [3.05, 3.63) is 11.9 Å². The first kappa shape index (κ1) is 15.5. The second-order valence-corrected chi connectivity index (χ2v) is 3.74. The van der Waals surface area contributed by atoms with E-state index < -0.39 is 24.0 Å². The molecule has 0 radical (unpaired) electrons. The Morgan fingerprint density at radius 1 is 1.59 bits per heavy atom. The molecule has 5 nitrogen and oxygen atoms in total. The van der Waals surface area contributed by atoms with Gasteiger partial charge in [0.05, 0.1) is 12.4 Å². The van der Waals surface area contributed by atoms with Gasteiger partial charge in [-0.2, -0.15) is 0 Å². The number of carboxylic acids is 1. The molecule has 1 atom stereocenters. The second kappa shape index (κ2) is 6.95. The molecule has 0 aliphatic carbocycles. The Labute approximate surface area is 98.2 Å². The highest BCUT2D eigenvalue weighted by atomic mass is 19.1. The van der Waals surface area contributed by atoms with E-state index in [0.717, 1.165) is 6.08 Å². The molecule has 0 heterocycles. The zero-order chi connectivity index (χ0) is 13.5. The quantitative estimate of drug-likeness (QED) is 0.457. The first-order valence-electron chi connectivity index (χ1n) is 5.01. The number of carboxylic acid groups (broad SMARTS) is 1. The molecule has 7 heteroatoms. The number of amidine groups is 1. The summed E-state index contributed by atoms with van der Waals surface area (Å²) in [6, 6.07) is 0. The Hall–Kier alpha value is -1.50. The normalized spacial score (nSPS) is 16.7. The Morgan fingerprint density at radius 3 is 2.59 bits per heavy atom. The maximum Gasteiger partial charge on any atom is 0.326 e. The van der Waals surface area contributed by atoms with E-state index in [1.165, 1.54) is 6.92 Å². The van der Waals surface area contributed by atoms with Crippen LogP contribution in [0.25, 0.3) is 0 Å². The molecule has 0 spiro atoms. The van der Waals surface area contributed by atoms with E-state index in [1.807, 2.05) is 0 Å². The van der Waals surface area contributed by atoms with Crippen LogP contribution in [0.1, 0.15) is 19.8 Å². The maximum absolute atomic E-state index is 13.1. The molecule has 98 valence electrons. The van der Waals surface area contributed by atoms with Crippen LogP contribution in [0.4, 0.5) is 8.78 Å². The fourth-order valence-electron chi connectivity index (χ4n) is 0.982. The molecule has 0 aromatic rings. The minimum Gasteiger partial charge on any atom is -0.480 e. The van der Waals surface area contributed by atoms with Gasteiger partial charge in [-0.05, 0) is 19.8 Å². The lowest BCUT2D eigenvalue weighted by Gasteiger charge is -2.19. The lowest BCUT2D eigenvalue weighted by molar-refractivity contribution is -0.144. The summed E-state index contributed by atoms with van der Waals surface area (Å²) in [5.41, 5.74) is 8.53. The first-order valence-corrected chi connectivity index (χ1v) is 5.01. The van der Waals surface area contributed by atoms with E-state index >= 15 is 0 Å². The largest absolute Gasteiger partial charge is 0.480 e. The van der Waals surface area contributed by atoms with Crippen molar-refractivity contribution in [1.29, 1.82) is 0 Å². The number of hydrogen-bond acceptors (Lipinski definition) is 3. The van der Waals surface area contributed by atoms with E-state index in [4.69, 9.17) is 16.6 Å². The van der Waals surface area contributed by atoms with Gasteiger partial charge >= 0.3 is 5.97 Å². The SMILES string of the molecule is CC(N)=NC/C(F)=C/CCC(N)(CF)C(=O)O. The monoisotopic (exact) mass is 249 g/mol. The summed E-state index contributed by atoms with van der Waals surface area (Å²) >= 11 is 0. The number of nitrogens with zero attached hydrogens (tertiary/aromatic N) is 1. The summed E-state index contributed by atoms with van der Waals surface area (Å²) in [7, 11) is 0. The van der Waals surface area contributed by atoms with Gasteiger partial charge in [0.15, 0.2) is 0 Å². The Kier molecular flexibility index (Phi) is 6.34. The predicted octanol–water partition coefficient (Wildman–Crippen LogP) is 0.749. The summed E-state index contributed by atoms with van der Waals surface area (Å²) in [5, 5.41) is 8.66. The topological polar surface area (TPSA) is 102 Å². The zero-order valence-corrected chi connectivity index (χ0v) is 9.62. The average molecular weight is 249 g/mol. The summed E-state index contributed by atoms with van der Waals surface area (Å²) in [5.74, 6) is -1.75. The number of halogens is 2. The molecule has 0 bridgehead atoms. The highest BCUT2D eigenvalue weighted by molar-refractivity contribution is 5.78. The minimum absolute atomic E-state index is 0.0255. The fraction of sp³-hybridized carbons (Fsp3) is 0.600. The van der Waals surface area contributed by atoms with Gasteiger partial charge in [-0.1, -0.05) is 6.08 Å². The number of rotatable bonds is 7. The van der Waals surface area contributed by atoms with Crippen LogP contribution in [-0.2, 0) is 4.79 Å². The molecule has 0 aliphatic rings. The van der Waals surface area contributed by atoms with Crippen LogP contribution in [0.15, 0.2) is 16.9 Å². The van der Waals surface area contributed by atoms with Crippen molar-refractivity contribution in [3.8, 4) is 0 Å². The van der Waals surface area contributed by atoms with Crippen LogP contribution in [0, 0.1) is 0 Å². The van der Waals surface area contributed by atoms with E-state index in [1.54, 1.807) is 0 Å². The number of allylic oxidation sites excluding steroid dienone is 1. The predicted molar refractivity (Wildman–Crippen MR) is 61.1 cm³/mol. The lowest BCUT2D eigenvalue weighted by Crippen LogP contribution is -2.49. The molecule has 0 aromatic carbocycles. The van der Waals surface area contributed by atoms with Crippen molar-refractivity contribution in [2.75, 3.05) is 13.2 Å². The van der Waals surface area contributed by atoms with Crippen molar-refractivity contribution in [3.63, 3.8) is 0 Å². The molecule has 0 saturated heterocycles. The maximum atomic E-state index is 13.1. The fourth-order valence-corrected chi connectivity index (χ4v) is 0.982. The third kappa shape index (κ3) is 5.96. The average Bonchev–Trinajstić information content (AvgIpc) is 2.25. The summed E-state index contributed by atoms with van der Waals surface area (Å²) in [6.45, 7) is 0.117. The van der Waals surface area contributed by atoms with Gasteiger partial charge in [0.25, 0.3) is 0 Å². The van der Waals surface area contributed by atoms with Gasteiger partial charge in [0.1, 0.15) is 18.0 Å². The Bertz CT molecular complexity index is 328. The van der Waals surface area contributed by atoms with Gasteiger partial charge < -0.3 is 16.6 Å². The van der Waals surface area contributed by atoms with Crippen LogP contribution in [-0.4, -0.2) is 35.7 Å². The van der Waals surface area contributed by atoms with Crippen LogP contribution in [0.2, 0.25) is 0 Å². The first-order chi connectivity index (χ1) is 7.81. The van der Waals surface area contributed by atoms with Crippen LogP contribution >= 0.6 is 0 Å². The molecule has 0 fully saturated rings. The van der Waals surface area contributed by atoms with Crippen molar-refractivity contribution in [2.45, 2.75) is 25.3 Å². The highest BCUT2D eigenvalue weighted by Gasteiger charge is 2.33. The smallest absolute Gasteiger partial charge is 0.326 e. The second-order valence-electron chi connectivity index (χ2n) is 3.74. The summed E-state index contributed by atoms with van der Waals surface area (Å²) in [6.07, 6.45) is 0.974.